The van der Waals surface area contributed by atoms with Crippen molar-refractivity contribution in [1.82, 2.24) is 9.29 Å². The van der Waals surface area contributed by atoms with Gasteiger partial charge in [-0.05, 0) is 38.3 Å². The van der Waals surface area contributed by atoms with E-state index in [1.165, 1.54) is 0 Å². The minimum Gasteiger partial charge on any atom is -0.475 e. The molecule has 3 heterocycles. The number of carbonyl (C=O) groups is 1. The van der Waals surface area contributed by atoms with Gasteiger partial charge in [0, 0.05) is 12.7 Å². The molecule has 1 N–H and O–H groups in total. The Morgan fingerprint density at radius 1 is 1.33 bits per heavy atom. The lowest BCUT2D eigenvalue weighted by Crippen LogP contribution is -2.46. The molecule has 12 heteroatoms. The number of alkyl halides is 3. The summed E-state index contributed by atoms with van der Waals surface area (Å²) in [6, 6.07) is 5.76. The Labute approximate surface area is 173 Å². The third-order valence-corrected chi connectivity index (χ3v) is 6.73. The molecular weight excluding hydrogens is 429 g/mol. The molecule has 1 aromatic heterocycles. The highest BCUT2D eigenvalue weighted by molar-refractivity contribution is 7.89. The van der Waals surface area contributed by atoms with E-state index in [0.717, 1.165) is 25.0 Å². The number of pyridine rings is 1. The van der Waals surface area contributed by atoms with Gasteiger partial charge in [0.1, 0.15) is 0 Å². The fourth-order valence-corrected chi connectivity index (χ4v) is 4.74. The Hall–Kier alpha value is -1.76. The van der Waals surface area contributed by atoms with E-state index in [9.17, 15) is 21.6 Å². The van der Waals surface area contributed by atoms with Gasteiger partial charge < -0.3 is 14.6 Å². The van der Waals surface area contributed by atoms with E-state index in [2.05, 4.69) is 4.98 Å². The zero-order valence-electron chi connectivity index (χ0n) is 16.4. The number of halogens is 3. The van der Waals surface area contributed by atoms with E-state index in [-0.39, 0.29) is 24.0 Å². The summed E-state index contributed by atoms with van der Waals surface area (Å²) in [6.45, 7) is 3.28. The van der Waals surface area contributed by atoms with Gasteiger partial charge in [-0.1, -0.05) is 6.07 Å². The summed E-state index contributed by atoms with van der Waals surface area (Å²) in [5, 5.41) is 7.12. The van der Waals surface area contributed by atoms with Crippen LogP contribution in [0.3, 0.4) is 0 Å². The van der Waals surface area contributed by atoms with Crippen LogP contribution in [0.15, 0.2) is 24.4 Å². The molecule has 2 fully saturated rings. The maximum absolute atomic E-state index is 12.1. The van der Waals surface area contributed by atoms with Crippen LogP contribution in [0.1, 0.15) is 31.9 Å². The molecule has 3 rings (SSSR count). The van der Waals surface area contributed by atoms with Gasteiger partial charge in [-0.15, -0.1) is 0 Å². The van der Waals surface area contributed by atoms with Crippen LogP contribution in [0.5, 0.6) is 0 Å². The summed E-state index contributed by atoms with van der Waals surface area (Å²) in [6.07, 6.45) is -0.819. The van der Waals surface area contributed by atoms with Crippen LogP contribution in [0.25, 0.3) is 0 Å². The third-order valence-electron chi connectivity index (χ3n) is 4.83. The Bertz CT molecular complexity index is 791. The maximum Gasteiger partial charge on any atom is 0.490 e. The van der Waals surface area contributed by atoms with Crippen LogP contribution in [0.4, 0.5) is 13.2 Å². The van der Waals surface area contributed by atoms with Gasteiger partial charge in [0.15, 0.2) is 0 Å². The number of carboxylic acids is 1. The molecule has 30 heavy (non-hydrogen) atoms. The van der Waals surface area contributed by atoms with Crippen LogP contribution in [0.2, 0.25) is 0 Å². The highest BCUT2D eigenvalue weighted by Crippen LogP contribution is 2.33. The van der Waals surface area contributed by atoms with Crippen molar-refractivity contribution in [3.05, 3.63) is 30.1 Å². The molecule has 0 saturated carbocycles. The fraction of sp³-hybridized carbons (Fsp3) is 0.667. The van der Waals surface area contributed by atoms with Crippen molar-refractivity contribution in [3.63, 3.8) is 0 Å². The molecule has 1 aromatic rings. The van der Waals surface area contributed by atoms with Gasteiger partial charge in [-0.2, -0.15) is 17.5 Å². The number of aliphatic carboxylic acids is 1. The SMILES string of the molecule is CCS(=O)(=O)N1CC[C@@H]2O[C@H](COCc3ccccn3)CC[C@@H]21.O=C(O)C(F)(F)F. The van der Waals surface area contributed by atoms with Crippen LogP contribution in [0, 0.1) is 0 Å². The predicted molar refractivity (Wildman–Crippen MR) is 100 cm³/mol. The molecule has 0 unspecified atom stereocenters. The number of carboxylic acid groups (broad SMARTS) is 1. The van der Waals surface area contributed by atoms with Gasteiger partial charge in [0.05, 0.1) is 42.9 Å². The zero-order chi connectivity index (χ0) is 22.4. The second kappa shape index (κ2) is 10.5. The van der Waals surface area contributed by atoms with Gasteiger partial charge in [-0.25, -0.2) is 13.2 Å². The monoisotopic (exact) mass is 454 g/mol. The van der Waals surface area contributed by atoms with Crippen molar-refractivity contribution < 1.29 is 41.0 Å². The minimum absolute atomic E-state index is 0.00647. The first-order valence-electron chi connectivity index (χ1n) is 9.47. The number of fused-ring (bicyclic) bond motifs is 1. The van der Waals surface area contributed by atoms with Crippen LogP contribution in [-0.2, 0) is 30.9 Å². The summed E-state index contributed by atoms with van der Waals surface area (Å²) in [7, 11) is -3.12. The predicted octanol–water partition coefficient (Wildman–Crippen LogP) is 2.20. The van der Waals surface area contributed by atoms with Crippen molar-refractivity contribution in [2.24, 2.45) is 0 Å². The van der Waals surface area contributed by atoms with Crippen LogP contribution < -0.4 is 0 Å². The molecule has 3 atom stereocenters. The lowest BCUT2D eigenvalue weighted by Gasteiger charge is -2.35. The van der Waals surface area contributed by atoms with E-state index >= 15 is 0 Å². The smallest absolute Gasteiger partial charge is 0.475 e. The van der Waals surface area contributed by atoms with Gasteiger partial charge in [0.25, 0.3) is 0 Å². The van der Waals surface area contributed by atoms with Gasteiger partial charge in [-0.3, -0.25) is 4.98 Å². The Morgan fingerprint density at radius 2 is 2.03 bits per heavy atom. The zero-order valence-corrected chi connectivity index (χ0v) is 17.2. The van der Waals surface area contributed by atoms with E-state index in [1.807, 2.05) is 18.2 Å². The Balaban J connectivity index is 0.000000396. The number of hydrogen-bond acceptors (Lipinski definition) is 6. The molecule has 2 saturated heterocycles. The average Bonchev–Trinajstić information content (AvgIpc) is 3.13. The summed E-state index contributed by atoms with van der Waals surface area (Å²) >= 11 is 0. The second-order valence-corrected chi connectivity index (χ2v) is 9.09. The lowest BCUT2D eigenvalue weighted by molar-refractivity contribution is -0.192. The molecule has 2 aliphatic heterocycles. The molecule has 0 aromatic carbocycles. The molecule has 0 aliphatic carbocycles. The molecule has 0 spiro atoms. The first-order valence-corrected chi connectivity index (χ1v) is 11.1. The van der Waals surface area contributed by atoms with Gasteiger partial charge in [0.2, 0.25) is 10.0 Å². The molecule has 170 valence electrons. The third kappa shape index (κ3) is 6.89. The summed E-state index contributed by atoms with van der Waals surface area (Å²) in [4.78, 5) is 13.1. The average molecular weight is 454 g/mol. The standard InChI is InChI=1S/C16H24N2O4S.C2HF3O2/c1-2-23(19,20)18-10-8-16-15(18)7-6-14(22-16)12-21-11-13-5-3-4-9-17-13;3-2(4,5)1(6)7/h3-5,9,14-16H,2,6-8,10-12H2,1H3;(H,6,7)/t14-,15-,16-;/m0./s1. The Kier molecular flexibility index (Phi) is 8.59. The molecule has 8 nitrogen and oxygen atoms in total. The fourth-order valence-electron chi connectivity index (χ4n) is 3.37. The molecule has 0 radical (unpaired) electrons. The first kappa shape index (κ1) is 24.5. The summed E-state index contributed by atoms with van der Waals surface area (Å²) in [5.41, 5.74) is 0.905. The van der Waals surface area contributed by atoms with Crippen molar-refractivity contribution in [2.45, 2.75) is 57.2 Å². The molecule has 0 amide bonds. The number of sulfonamides is 1. The van der Waals surface area contributed by atoms with E-state index in [0.29, 0.717) is 19.8 Å². The van der Waals surface area contributed by atoms with Crippen LogP contribution in [-0.4, -0.2) is 72.1 Å². The number of rotatable bonds is 6. The molecule has 2 aliphatic rings. The van der Waals surface area contributed by atoms with Crippen molar-refractivity contribution >= 4 is 16.0 Å². The number of ether oxygens (including phenoxy) is 2. The van der Waals surface area contributed by atoms with Gasteiger partial charge >= 0.3 is 12.1 Å². The lowest BCUT2D eigenvalue weighted by atomic mass is 10.0. The molecule has 0 bridgehead atoms. The second-order valence-electron chi connectivity index (χ2n) is 6.88. The quantitative estimate of drug-likeness (QED) is 0.702. The van der Waals surface area contributed by atoms with E-state index < -0.39 is 22.2 Å². The summed E-state index contributed by atoms with van der Waals surface area (Å²) in [5.74, 6) is -2.60. The molecular formula is C18H25F3N2O6S. The Morgan fingerprint density at radius 3 is 2.60 bits per heavy atom. The number of hydrogen-bond donors (Lipinski definition) is 1. The summed E-state index contributed by atoms with van der Waals surface area (Å²) < 4.78 is 69.4. The normalized spacial score (nSPS) is 24.6. The van der Waals surface area contributed by atoms with E-state index in [1.54, 1.807) is 17.4 Å². The largest absolute Gasteiger partial charge is 0.490 e. The van der Waals surface area contributed by atoms with E-state index in [4.69, 9.17) is 19.4 Å². The van der Waals surface area contributed by atoms with Crippen molar-refractivity contribution in [2.75, 3.05) is 18.9 Å². The van der Waals surface area contributed by atoms with Crippen molar-refractivity contribution in [1.29, 1.82) is 0 Å². The first-order chi connectivity index (χ1) is 14.0. The topological polar surface area (TPSA) is 106 Å². The highest BCUT2D eigenvalue weighted by atomic mass is 32.2. The maximum atomic E-state index is 12.1. The number of aromatic nitrogens is 1. The van der Waals surface area contributed by atoms with Crippen molar-refractivity contribution in [3.8, 4) is 0 Å². The number of nitrogens with zero attached hydrogens (tertiary/aromatic N) is 2. The minimum atomic E-state index is -5.08. The highest BCUT2D eigenvalue weighted by Gasteiger charge is 2.44. The van der Waals surface area contributed by atoms with Crippen LogP contribution >= 0.6 is 0 Å².